The number of hydrogen-bond acceptors (Lipinski definition) is 5. The highest BCUT2D eigenvalue weighted by Crippen LogP contribution is 2.44. The third kappa shape index (κ3) is 2.09. The van der Waals surface area contributed by atoms with E-state index in [1.807, 2.05) is 0 Å². The van der Waals surface area contributed by atoms with Crippen molar-refractivity contribution in [2.75, 3.05) is 0 Å². The van der Waals surface area contributed by atoms with E-state index in [0.717, 1.165) is 6.26 Å². The largest absolute Gasteiger partial charge is 0.736 e. The lowest BCUT2D eigenvalue weighted by Gasteiger charge is -2.25. The van der Waals surface area contributed by atoms with Gasteiger partial charge in [-0.3, -0.25) is 0 Å². The Labute approximate surface area is 85.6 Å². The standard InChI is InChI=1S/C9H7O5P/c10-9-8(6-13-15(11,12)14-9)7-4-2-1-3-5-7/h1-6H,(H,11,12)/p-1. The molecule has 1 aromatic carbocycles. The van der Waals surface area contributed by atoms with Crippen molar-refractivity contribution in [2.45, 2.75) is 0 Å². The van der Waals surface area contributed by atoms with Crippen LogP contribution in [0.2, 0.25) is 0 Å². The predicted molar refractivity (Wildman–Crippen MR) is 49.2 cm³/mol. The van der Waals surface area contributed by atoms with E-state index in [2.05, 4.69) is 9.05 Å². The monoisotopic (exact) mass is 225 g/mol. The molecule has 6 heteroatoms. The maximum atomic E-state index is 11.3. The van der Waals surface area contributed by atoms with Gasteiger partial charge in [0.05, 0.1) is 0 Å². The van der Waals surface area contributed by atoms with Gasteiger partial charge in [-0.05, 0) is 5.56 Å². The van der Waals surface area contributed by atoms with Crippen LogP contribution in [0, 0.1) is 0 Å². The molecule has 0 radical (unpaired) electrons. The van der Waals surface area contributed by atoms with E-state index in [-0.39, 0.29) is 5.57 Å². The van der Waals surface area contributed by atoms with Crippen molar-refractivity contribution in [2.24, 2.45) is 0 Å². The van der Waals surface area contributed by atoms with Gasteiger partial charge in [0.15, 0.2) is 0 Å². The lowest BCUT2D eigenvalue weighted by molar-refractivity contribution is -0.220. The molecule has 1 atom stereocenters. The summed E-state index contributed by atoms with van der Waals surface area (Å²) in [5, 5.41) is 0. The zero-order valence-corrected chi connectivity index (χ0v) is 8.35. The minimum Gasteiger partial charge on any atom is -0.736 e. The Bertz CT molecular complexity index is 465. The fraction of sp³-hybridized carbons (Fsp3) is 0. The zero-order valence-electron chi connectivity index (χ0n) is 7.45. The van der Waals surface area contributed by atoms with Gasteiger partial charge in [-0.1, -0.05) is 30.3 Å². The van der Waals surface area contributed by atoms with Crippen molar-refractivity contribution in [3.63, 3.8) is 0 Å². The normalized spacial score (nSPS) is 25.1. The van der Waals surface area contributed by atoms with Gasteiger partial charge in [0, 0.05) is 0 Å². The molecule has 1 aliphatic rings. The fourth-order valence-electron chi connectivity index (χ4n) is 1.14. The fourth-order valence-corrected chi connectivity index (χ4v) is 1.72. The van der Waals surface area contributed by atoms with Gasteiger partial charge in [-0.25, -0.2) is 9.36 Å². The minimum absolute atomic E-state index is 0.0814. The Morgan fingerprint density at radius 3 is 2.47 bits per heavy atom. The Kier molecular flexibility index (Phi) is 2.34. The van der Waals surface area contributed by atoms with Crippen LogP contribution in [0.15, 0.2) is 36.6 Å². The summed E-state index contributed by atoms with van der Waals surface area (Å²) in [5.41, 5.74) is 0.625. The number of phosphoric acid groups is 1. The second-order valence-corrected chi connectivity index (χ2v) is 4.12. The van der Waals surface area contributed by atoms with Crippen LogP contribution in [0.5, 0.6) is 0 Å². The molecule has 0 aliphatic carbocycles. The summed E-state index contributed by atoms with van der Waals surface area (Å²) in [7, 11) is -4.48. The summed E-state index contributed by atoms with van der Waals surface area (Å²) in [4.78, 5) is 22.0. The van der Waals surface area contributed by atoms with Crippen LogP contribution in [0.3, 0.4) is 0 Å². The molecule has 0 spiro atoms. The van der Waals surface area contributed by atoms with Gasteiger partial charge in [0.2, 0.25) is 0 Å². The van der Waals surface area contributed by atoms with Crippen LogP contribution < -0.4 is 4.89 Å². The molecule has 0 fully saturated rings. The van der Waals surface area contributed by atoms with Crippen molar-refractivity contribution < 1.29 is 23.3 Å². The average Bonchev–Trinajstić information content (AvgIpc) is 2.17. The molecule has 78 valence electrons. The molecular weight excluding hydrogens is 219 g/mol. The molecule has 0 N–H and O–H groups in total. The molecule has 0 amide bonds. The SMILES string of the molecule is O=C1OP(=O)([O-])OC=C1c1ccccc1. The van der Waals surface area contributed by atoms with E-state index in [1.54, 1.807) is 30.3 Å². The third-order valence-corrected chi connectivity index (χ3v) is 2.55. The summed E-state index contributed by atoms with van der Waals surface area (Å²) < 4.78 is 19.2. The first kappa shape index (κ1) is 9.96. The Morgan fingerprint density at radius 2 is 1.87 bits per heavy atom. The van der Waals surface area contributed by atoms with Crippen LogP contribution in [0.1, 0.15) is 5.56 Å². The van der Waals surface area contributed by atoms with Gasteiger partial charge in [-0.15, -0.1) is 0 Å². The van der Waals surface area contributed by atoms with E-state index >= 15 is 0 Å². The molecule has 0 aromatic heterocycles. The first-order chi connectivity index (χ1) is 7.08. The summed E-state index contributed by atoms with van der Waals surface area (Å²) in [6, 6.07) is 8.51. The maximum absolute atomic E-state index is 11.3. The number of phosphoric ester groups is 1. The summed E-state index contributed by atoms with van der Waals surface area (Å²) in [6.45, 7) is 0. The highest BCUT2D eigenvalue weighted by molar-refractivity contribution is 7.46. The van der Waals surface area contributed by atoms with Crippen molar-refractivity contribution >= 4 is 19.4 Å². The second kappa shape index (κ2) is 3.53. The topological polar surface area (TPSA) is 75.7 Å². The molecule has 0 saturated carbocycles. The lowest BCUT2D eigenvalue weighted by atomic mass is 10.1. The second-order valence-electron chi connectivity index (χ2n) is 2.83. The molecule has 1 aromatic rings. The highest BCUT2D eigenvalue weighted by atomic mass is 31.2. The first-order valence-corrected chi connectivity index (χ1v) is 5.53. The van der Waals surface area contributed by atoms with Gasteiger partial charge in [0.25, 0.3) is 0 Å². The minimum atomic E-state index is -4.48. The van der Waals surface area contributed by atoms with Crippen LogP contribution in [0.25, 0.3) is 5.57 Å². The van der Waals surface area contributed by atoms with E-state index in [1.165, 1.54) is 0 Å². The number of benzene rings is 1. The molecule has 1 aliphatic heterocycles. The maximum Gasteiger partial charge on any atom is 0.374 e. The van der Waals surface area contributed by atoms with Crippen LogP contribution in [-0.4, -0.2) is 5.97 Å². The first-order valence-electron chi connectivity index (χ1n) is 4.07. The average molecular weight is 225 g/mol. The van der Waals surface area contributed by atoms with E-state index in [4.69, 9.17) is 0 Å². The summed E-state index contributed by atoms with van der Waals surface area (Å²) >= 11 is 0. The van der Waals surface area contributed by atoms with Crippen LogP contribution in [0.4, 0.5) is 0 Å². The zero-order chi connectivity index (χ0) is 10.9. The van der Waals surface area contributed by atoms with Gasteiger partial charge < -0.3 is 13.9 Å². The molecule has 1 heterocycles. The van der Waals surface area contributed by atoms with Crippen molar-refractivity contribution in [1.29, 1.82) is 0 Å². The van der Waals surface area contributed by atoms with Crippen molar-refractivity contribution in [1.82, 2.24) is 0 Å². The third-order valence-electron chi connectivity index (χ3n) is 1.80. The van der Waals surface area contributed by atoms with E-state index < -0.39 is 13.8 Å². The van der Waals surface area contributed by atoms with E-state index in [9.17, 15) is 14.3 Å². The highest BCUT2D eigenvalue weighted by Gasteiger charge is 2.26. The number of rotatable bonds is 1. The molecule has 2 rings (SSSR count). The molecule has 0 saturated heterocycles. The molecule has 15 heavy (non-hydrogen) atoms. The van der Waals surface area contributed by atoms with Gasteiger partial charge >= 0.3 is 13.8 Å². The molecule has 0 bridgehead atoms. The number of carbonyl (C=O) groups excluding carboxylic acids is 1. The Morgan fingerprint density at radius 1 is 1.20 bits per heavy atom. The van der Waals surface area contributed by atoms with Crippen LogP contribution >= 0.6 is 7.82 Å². The van der Waals surface area contributed by atoms with Gasteiger partial charge in [-0.2, -0.15) is 0 Å². The Hall–Kier alpha value is -1.58. The summed E-state index contributed by atoms with van der Waals surface area (Å²) in [5.74, 6) is -0.925. The van der Waals surface area contributed by atoms with Crippen LogP contribution in [-0.2, 0) is 18.4 Å². The molecule has 1 unspecified atom stereocenters. The van der Waals surface area contributed by atoms with Gasteiger partial charge in [0.1, 0.15) is 11.8 Å². The summed E-state index contributed by atoms with van der Waals surface area (Å²) in [6.07, 6.45) is 0.884. The van der Waals surface area contributed by atoms with Crippen molar-refractivity contribution in [3.8, 4) is 0 Å². The smallest absolute Gasteiger partial charge is 0.374 e. The molecular formula is C9H6O5P-. The predicted octanol–water partition coefficient (Wildman–Crippen LogP) is 1.07. The van der Waals surface area contributed by atoms with E-state index in [0.29, 0.717) is 5.56 Å². The molecule has 5 nitrogen and oxygen atoms in total. The number of carbonyl (C=O) groups is 1. The quantitative estimate of drug-likeness (QED) is 0.668. The van der Waals surface area contributed by atoms with Crippen molar-refractivity contribution in [3.05, 3.63) is 42.2 Å². The lowest BCUT2D eigenvalue weighted by Crippen LogP contribution is -2.17. The Balaban J connectivity index is 2.37. The number of hydrogen-bond donors (Lipinski definition) is 0.